The molecule has 0 saturated heterocycles. The molecule has 2 rings (SSSR count). The van der Waals surface area contributed by atoms with Gasteiger partial charge in [-0.15, -0.1) is 0 Å². The molecule has 24 heavy (non-hydrogen) atoms. The molecule has 0 aromatic heterocycles. The quantitative estimate of drug-likeness (QED) is 0.916. The van der Waals surface area contributed by atoms with E-state index in [1.54, 1.807) is 4.90 Å². The zero-order valence-corrected chi connectivity index (χ0v) is 14.1. The van der Waals surface area contributed by atoms with Crippen molar-refractivity contribution < 1.29 is 14.0 Å². The van der Waals surface area contributed by atoms with Crippen LogP contribution in [0.5, 0.6) is 0 Å². The molecular formula is C19H21FN2O2. The topological polar surface area (TPSA) is 49.4 Å². The van der Waals surface area contributed by atoms with Crippen molar-refractivity contribution >= 4 is 17.5 Å². The van der Waals surface area contributed by atoms with Gasteiger partial charge in [0.2, 0.25) is 5.91 Å². The molecule has 1 N–H and O–H groups in total. The van der Waals surface area contributed by atoms with Gasteiger partial charge >= 0.3 is 0 Å². The maximum Gasteiger partial charge on any atom is 0.251 e. The Bertz CT molecular complexity index is 742. The van der Waals surface area contributed by atoms with Crippen molar-refractivity contribution in [1.82, 2.24) is 5.32 Å². The molecule has 0 heterocycles. The molecule has 4 nitrogen and oxygen atoms in total. The van der Waals surface area contributed by atoms with Crippen LogP contribution in [0.2, 0.25) is 0 Å². The molecule has 0 unspecified atom stereocenters. The maximum absolute atomic E-state index is 12.9. The lowest BCUT2D eigenvalue weighted by atomic mass is 10.1. The minimum atomic E-state index is -0.385. The first-order valence-electron chi connectivity index (χ1n) is 7.78. The monoisotopic (exact) mass is 328 g/mol. The van der Waals surface area contributed by atoms with Crippen molar-refractivity contribution in [3.05, 3.63) is 65.0 Å². The van der Waals surface area contributed by atoms with Gasteiger partial charge in [0.15, 0.2) is 0 Å². The van der Waals surface area contributed by atoms with Crippen LogP contribution in [-0.2, 0) is 4.79 Å². The Morgan fingerprint density at radius 3 is 2.38 bits per heavy atom. The molecule has 0 saturated carbocycles. The number of rotatable bonds is 5. The van der Waals surface area contributed by atoms with E-state index in [-0.39, 0.29) is 17.6 Å². The predicted octanol–water partition coefficient (Wildman–Crippen LogP) is 3.23. The highest BCUT2D eigenvalue weighted by atomic mass is 19.1. The second-order valence-corrected chi connectivity index (χ2v) is 5.65. The van der Waals surface area contributed by atoms with Crippen LogP contribution in [0.25, 0.3) is 0 Å². The third-order valence-corrected chi connectivity index (χ3v) is 3.97. The molecule has 0 spiro atoms. The number of nitrogens with zero attached hydrogens (tertiary/aromatic N) is 1. The first-order valence-corrected chi connectivity index (χ1v) is 7.78. The lowest BCUT2D eigenvalue weighted by Crippen LogP contribution is -2.38. The van der Waals surface area contributed by atoms with Gasteiger partial charge in [0.05, 0.1) is 0 Å². The molecule has 0 bridgehead atoms. The van der Waals surface area contributed by atoms with E-state index >= 15 is 0 Å². The highest BCUT2D eigenvalue weighted by Gasteiger charge is 2.15. The van der Waals surface area contributed by atoms with Crippen LogP contribution in [-0.4, -0.2) is 24.9 Å². The first kappa shape index (κ1) is 17.7. The number of carbonyl (C=O) groups excluding carboxylic acids is 2. The summed E-state index contributed by atoms with van der Waals surface area (Å²) in [5, 5.41) is 2.75. The Balaban J connectivity index is 2.02. The fourth-order valence-electron chi connectivity index (χ4n) is 2.46. The molecule has 2 amide bonds. The second kappa shape index (κ2) is 7.73. The standard InChI is InChI=1S/C19H21FN2O2/c1-13-5-4-6-18(14(13)2)22(15(3)23)12-11-21-19(24)16-7-9-17(20)10-8-16/h4-10H,11-12H2,1-3H3,(H,21,24). The molecule has 2 aromatic rings. The van der Waals surface area contributed by atoms with Crippen LogP contribution in [0.1, 0.15) is 28.4 Å². The minimum absolute atomic E-state index is 0.0836. The van der Waals surface area contributed by atoms with Crippen molar-refractivity contribution in [3.8, 4) is 0 Å². The summed E-state index contributed by atoms with van der Waals surface area (Å²) in [5.41, 5.74) is 3.38. The van der Waals surface area contributed by atoms with E-state index in [4.69, 9.17) is 0 Å². The van der Waals surface area contributed by atoms with Gasteiger partial charge in [0.1, 0.15) is 5.82 Å². The van der Waals surface area contributed by atoms with Crippen LogP contribution in [0.3, 0.4) is 0 Å². The summed E-state index contributed by atoms with van der Waals surface area (Å²) in [7, 11) is 0. The van der Waals surface area contributed by atoms with E-state index in [0.717, 1.165) is 16.8 Å². The molecule has 0 aliphatic carbocycles. The Kier molecular flexibility index (Phi) is 5.68. The number of halogens is 1. The summed E-state index contributed by atoms with van der Waals surface area (Å²) in [6.07, 6.45) is 0. The van der Waals surface area contributed by atoms with Gasteiger partial charge in [0, 0.05) is 31.3 Å². The summed E-state index contributed by atoms with van der Waals surface area (Å²) >= 11 is 0. The van der Waals surface area contributed by atoms with Crippen LogP contribution in [0.4, 0.5) is 10.1 Å². The third-order valence-electron chi connectivity index (χ3n) is 3.97. The third kappa shape index (κ3) is 4.19. The van der Waals surface area contributed by atoms with E-state index in [2.05, 4.69) is 5.32 Å². The molecule has 5 heteroatoms. The number of hydrogen-bond donors (Lipinski definition) is 1. The average Bonchev–Trinajstić information content (AvgIpc) is 2.55. The number of benzene rings is 2. The van der Waals surface area contributed by atoms with Gasteiger partial charge in [-0.25, -0.2) is 4.39 Å². The van der Waals surface area contributed by atoms with Gasteiger partial charge in [-0.2, -0.15) is 0 Å². The minimum Gasteiger partial charge on any atom is -0.350 e. The van der Waals surface area contributed by atoms with Gasteiger partial charge < -0.3 is 10.2 Å². The first-order chi connectivity index (χ1) is 11.4. The number of amides is 2. The van der Waals surface area contributed by atoms with E-state index in [9.17, 15) is 14.0 Å². The molecule has 2 aromatic carbocycles. The molecule has 0 aliphatic heterocycles. The summed E-state index contributed by atoms with van der Waals surface area (Å²) in [5.74, 6) is -0.761. The van der Waals surface area contributed by atoms with E-state index in [1.165, 1.54) is 31.2 Å². The summed E-state index contributed by atoms with van der Waals surface area (Å²) in [6, 6.07) is 11.1. The van der Waals surface area contributed by atoms with Crippen molar-refractivity contribution in [2.45, 2.75) is 20.8 Å². The largest absolute Gasteiger partial charge is 0.350 e. The Morgan fingerprint density at radius 2 is 1.75 bits per heavy atom. The van der Waals surface area contributed by atoms with Crippen molar-refractivity contribution in [1.29, 1.82) is 0 Å². The van der Waals surface area contributed by atoms with Gasteiger partial charge in [-0.05, 0) is 55.3 Å². The Morgan fingerprint density at radius 1 is 1.08 bits per heavy atom. The normalized spacial score (nSPS) is 10.3. The number of anilines is 1. The van der Waals surface area contributed by atoms with E-state index in [1.807, 2.05) is 32.0 Å². The van der Waals surface area contributed by atoms with Crippen molar-refractivity contribution in [3.63, 3.8) is 0 Å². The van der Waals surface area contributed by atoms with Crippen molar-refractivity contribution in [2.24, 2.45) is 0 Å². The number of hydrogen-bond acceptors (Lipinski definition) is 2. The van der Waals surface area contributed by atoms with Crippen molar-refractivity contribution in [2.75, 3.05) is 18.0 Å². The van der Waals surface area contributed by atoms with E-state index in [0.29, 0.717) is 18.7 Å². The molecule has 0 aliphatic rings. The second-order valence-electron chi connectivity index (χ2n) is 5.65. The zero-order chi connectivity index (χ0) is 17.7. The predicted molar refractivity (Wildman–Crippen MR) is 92.7 cm³/mol. The van der Waals surface area contributed by atoms with E-state index < -0.39 is 0 Å². The molecule has 0 radical (unpaired) electrons. The van der Waals surface area contributed by atoms with Gasteiger partial charge in [-0.1, -0.05) is 12.1 Å². The maximum atomic E-state index is 12.9. The molecular weight excluding hydrogens is 307 g/mol. The summed E-state index contributed by atoms with van der Waals surface area (Å²) in [4.78, 5) is 25.6. The van der Waals surface area contributed by atoms with Gasteiger partial charge in [-0.3, -0.25) is 9.59 Å². The van der Waals surface area contributed by atoms with Crippen LogP contribution in [0, 0.1) is 19.7 Å². The SMILES string of the molecule is CC(=O)N(CCNC(=O)c1ccc(F)cc1)c1cccc(C)c1C. The summed E-state index contributed by atoms with van der Waals surface area (Å²) < 4.78 is 12.9. The fraction of sp³-hybridized carbons (Fsp3) is 0.263. The Hall–Kier alpha value is -2.69. The molecule has 0 fully saturated rings. The number of carbonyl (C=O) groups is 2. The lowest BCUT2D eigenvalue weighted by molar-refractivity contribution is -0.116. The lowest BCUT2D eigenvalue weighted by Gasteiger charge is -2.24. The molecule has 0 atom stereocenters. The highest BCUT2D eigenvalue weighted by Crippen LogP contribution is 2.22. The zero-order valence-electron chi connectivity index (χ0n) is 14.1. The fourth-order valence-corrected chi connectivity index (χ4v) is 2.46. The highest BCUT2D eigenvalue weighted by molar-refractivity contribution is 5.95. The number of aryl methyl sites for hydroxylation is 1. The Labute approximate surface area is 141 Å². The number of nitrogens with one attached hydrogen (secondary N) is 1. The van der Waals surface area contributed by atoms with Gasteiger partial charge in [0.25, 0.3) is 5.91 Å². The van der Waals surface area contributed by atoms with Crippen LogP contribution >= 0.6 is 0 Å². The van der Waals surface area contributed by atoms with Crippen LogP contribution < -0.4 is 10.2 Å². The smallest absolute Gasteiger partial charge is 0.251 e. The average molecular weight is 328 g/mol. The summed E-state index contributed by atoms with van der Waals surface area (Å²) in [6.45, 7) is 6.14. The van der Waals surface area contributed by atoms with Crippen LogP contribution in [0.15, 0.2) is 42.5 Å². The molecule has 126 valence electrons.